The van der Waals surface area contributed by atoms with Crippen LogP contribution in [-0.4, -0.2) is 16.7 Å². The Morgan fingerprint density at radius 2 is 1.36 bits per heavy atom. The molecule has 0 bridgehead atoms. The van der Waals surface area contributed by atoms with Crippen LogP contribution in [0.3, 0.4) is 0 Å². The fourth-order valence-electron chi connectivity index (χ4n) is 3.67. The molecule has 0 saturated heterocycles. The minimum absolute atomic E-state index is 0.0185. The molecule has 3 aromatic rings. The topological polar surface area (TPSA) is 49.4 Å². The van der Waals surface area contributed by atoms with Crippen molar-refractivity contribution in [3.63, 3.8) is 0 Å². The Hall–Kier alpha value is -3.40. The summed E-state index contributed by atoms with van der Waals surface area (Å²) in [4.78, 5) is 27.6. The van der Waals surface area contributed by atoms with Crippen LogP contribution in [0, 0.1) is 0 Å². The van der Waals surface area contributed by atoms with Crippen LogP contribution in [0.15, 0.2) is 84.9 Å². The first-order chi connectivity index (χ1) is 13.7. The molecule has 0 aromatic heterocycles. The van der Waals surface area contributed by atoms with Crippen molar-refractivity contribution in [3.05, 3.63) is 102 Å². The molecule has 0 saturated carbocycles. The van der Waals surface area contributed by atoms with Crippen LogP contribution >= 0.6 is 0 Å². The van der Waals surface area contributed by atoms with Crippen LogP contribution in [0.1, 0.15) is 29.0 Å². The number of benzene rings is 3. The molecule has 28 heavy (non-hydrogen) atoms. The molecule has 1 aliphatic rings. The van der Waals surface area contributed by atoms with E-state index in [1.54, 1.807) is 0 Å². The van der Waals surface area contributed by atoms with Crippen molar-refractivity contribution in [1.82, 2.24) is 4.90 Å². The third kappa shape index (κ3) is 3.96. The lowest BCUT2D eigenvalue weighted by molar-refractivity contribution is -0.136. The van der Waals surface area contributed by atoms with Gasteiger partial charge in [-0.3, -0.25) is 9.59 Å². The van der Waals surface area contributed by atoms with Gasteiger partial charge in [0.25, 0.3) is 0 Å². The fourth-order valence-corrected chi connectivity index (χ4v) is 3.67. The van der Waals surface area contributed by atoms with E-state index in [2.05, 4.69) is 5.32 Å². The van der Waals surface area contributed by atoms with Gasteiger partial charge in [0.2, 0.25) is 11.8 Å². The predicted octanol–water partition coefficient (Wildman–Crippen LogP) is 4.34. The van der Waals surface area contributed by atoms with Crippen LogP contribution in [-0.2, 0) is 22.7 Å². The summed E-state index contributed by atoms with van der Waals surface area (Å²) in [6, 6.07) is 27.5. The van der Waals surface area contributed by atoms with Gasteiger partial charge >= 0.3 is 0 Å². The van der Waals surface area contributed by atoms with E-state index < -0.39 is 5.92 Å². The molecule has 0 radical (unpaired) electrons. The molecular weight excluding hydrogens is 348 g/mol. The van der Waals surface area contributed by atoms with Gasteiger partial charge in [-0.25, -0.2) is 0 Å². The molecular formula is C24H22N2O2. The Kier molecular flexibility index (Phi) is 5.20. The molecule has 0 spiro atoms. The highest BCUT2D eigenvalue weighted by Gasteiger charge is 2.33. The number of nitrogens with zero attached hydrogens (tertiary/aromatic N) is 1. The molecule has 1 N–H and O–H groups in total. The zero-order chi connectivity index (χ0) is 19.3. The van der Waals surface area contributed by atoms with E-state index in [0.29, 0.717) is 13.1 Å². The first-order valence-corrected chi connectivity index (χ1v) is 9.46. The van der Waals surface area contributed by atoms with Crippen molar-refractivity contribution in [2.45, 2.75) is 25.4 Å². The van der Waals surface area contributed by atoms with Gasteiger partial charge < -0.3 is 10.2 Å². The molecule has 0 fully saturated rings. The summed E-state index contributed by atoms with van der Waals surface area (Å²) in [5.74, 6) is -0.594. The standard InChI is InChI=1S/C24H22N2O2/c27-23-15-21(20-13-7-8-14-22(20)25-23)24(28)26(16-18-9-3-1-4-10-18)17-19-11-5-2-6-12-19/h1-14,21H,15-17H2,(H,25,27). The Balaban J connectivity index is 1.65. The second-order valence-electron chi connectivity index (χ2n) is 7.06. The molecule has 1 heterocycles. The Morgan fingerprint density at radius 3 is 1.96 bits per heavy atom. The Morgan fingerprint density at radius 1 is 0.821 bits per heavy atom. The SMILES string of the molecule is O=C1CC(C(=O)N(Cc2ccccc2)Cc2ccccc2)c2ccccc2N1. The van der Waals surface area contributed by atoms with Crippen LogP contribution in [0.4, 0.5) is 5.69 Å². The lowest BCUT2D eigenvalue weighted by atomic mass is 9.89. The number of anilines is 1. The molecule has 1 atom stereocenters. The number of hydrogen-bond donors (Lipinski definition) is 1. The molecule has 4 rings (SSSR count). The van der Waals surface area contributed by atoms with E-state index in [-0.39, 0.29) is 18.2 Å². The van der Waals surface area contributed by atoms with Gasteiger partial charge in [0, 0.05) is 25.2 Å². The lowest BCUT2D eigenvalue weighted by Gasteiger charge is -2.31. The quantitative estimate of drug-likeness (QED) is 0.726. The molecule has 3 aromatic carbocycles. The van der Waals surface area contributed by atoms with Gasteiger partial charge in [-0.1, -0.05) is 78.9 Å². The molecule has 1 aliphatic heterocycles. The van der Waals surface area contributed by atoms with Gasteiger partial charge in [0.1, 0.15) is 0 Å². The van der Waals surface area contributed by atoms with Crippen molar-refractivity contribution in [2.24, 2.45) is 0 Å². The molecule has 4 heteroatoms. The average molecular weight is 370 g/mol. The third-order valence-corrected chi connectivity index (χ3v) is 5.04. The van der Waals surface area contributed by atoms with E-state index in [0.717, 1.165) is 22.4 Å². The normalized spacial score (nSPS) is 15.4. The first-order valence-electron chi connectivity index (χ1n) is 9.46. The van der Waals surface area contributed by atoms with Crippen molar-refractivity contribution in [3.8, 4) is 0 Å². The van der Waals surface area contributed by atoms with Crippen LogP contribution in [0.5, 0.6) is 0 Å². The monoisotopic (exact) mass is 370 g/mol. The van der Waals surface area contributed by atoms with Gasteiger partial charge in [-0.2, -0.15) is 0 Å². The fraction of sp³-hybridized carbons (Fsp3) is 0.167. The number of para-hydroxylation sites is 1. The van der Waals surface area contributed by atoms with Crippen LogP contribution < -0.4 is 5.32 Å². The highest BCUT2D eigenvalue weighted by molar-refractivity contribution is 6.01. The van der Waals surface area contributed by atoms with Gasteiger partial charge in [0.15, 0.2) is 0 Å². The van der Waals surface area contributed by atoms with Crippen molar-refractivity contribution in [2.75, 3.05) is 5.32 Å². The largest absolute Gasteiger partial charge is 0.334 e. The second kappa shape index (κ2) is 8.09. The van der Waals surface area contributed by atoms with Crippen LogP contribution in [0.2, 0.25) is 0 Å². The number of rotatable bonds is 5. The van der Waals surface area contributed by atoms with Crippen molar-refractivity contribution >= 4 is 17.5 Å². The maximum atomic E-state index is 13.6. The second-order valence-corrected chi connectivity index (χ2v) is 7.06. The predicted molar refractivity (Wildman–Crippen MR) is 110 cm³/mol. The minimum atomic E-state index is -0.461. The van der Waals surface area contributed by atoms with Crippen molar-refractivity contribution in [1.29, 1.82) is 0 Å². The highest BCUT2D eigenvalue weighted by Crippen LogP contribution is 2.34. The van der Waals surface area contributed by atoms with E-state index >= 15 is 0 Å². The summed E-state index contributed by atoms with van der Waals surface area (Å²) in [6.45, 7) is 1.02. The zero-order valence-corrected chi connectivity index (χ0v) is 15.5. The zero-order valence-electron chi connectivity index (χ0n) is 15.5. The summed E-state index contributed by atoms with van der Waals surface area (Å²) in [7, 11) is 0. The molecule has 0 aliphatic carbocycles. The third-order valence-electron chi connectivity index (χ3n) is 5.04. The number of nitrogens with one attached hydrogen (secondary N) is 1. The van der Waals surface area contributed by atoms with Crippen molar-refractivity contribution < 1.29 is 9.59 Å². The number of fused-ring (bicyclic) bond motifs is 1. The molecule has 4 nitrogen and oxygen atoms in total. The molecule has 1 unspecified atom stereocenters. The smallest absolute Gasteiger partial charge is 0.231 e. The van der Waals surface area contributed by atoms with E-state index in [9.17, 15) is 9.59 Å². The first kappa shape index (κ1) is 18.0. The summed E-state index contributed by atoms with van der Waals surface area (Å²) in [6.07, 6.45) is 0.177. The van der Waals surface area contributed by atoms with Gasteiger partial charge in [0.05, 0.1) is 5.92 Å². The Bertz CT molecular complexity index is 929. The lowest BCUT2D eigenvalue weighted by Crippen LogP contribution is -2.38. The summed E-state index contributed by atoms with van der Waals surface area (Å²) < 4.78 is 0. The number of hydrogen-bond acceptors (Lipinski definition) is 2. The maximum absolute atomic E-state index is 13.6. The molecule has 2 amide bonds. The summed E-state index contributed by atoms with van der Waals surface area (Å²) >= 11 is 0. The Labute approximate surface area is 164 Å². The van der Waals surface area contributed by atoms with Gasteiger partial charge in [-0.15, -0.1) is 0 Å². The summed E-state index contributed by atoms with van der Waals surface area (Å²) in [5.41, 5.74) is 3.76. The molecule has 140 valence electrons. The average Bonchev–Trinajstić information content (AvgIpc) is 2.73. The van der Waals surface area contributed by atoms with E-state index in [1.807, 2.05) is 89.8 Å². The number of carbonyl (C=O) groups excluding carboxylic acids is 2. The van der Waals surface area contributed by atoms with E-state index in [1.165, 1.54) is 0 Å². The number of carbonyl (C=O) groups is 2. The summed E-state index contributed by atoms with van der Waals surface area (Å²) in [5, 5.41) is 2.87. The minimum Gasteiger partial charge on any atom is -0.334 e. The number of amides is 2. The highest BCUT2D eigenvalue weighted by atomic mass is 16.2. The van der Waals surface area contributed by atoms with Gasteiger partial charge in [-0.05, 0) is 22.8 Å². The maximum Gasteiger partial charge on any atom is 0.231 e. The van der Waals surface area contributed by atoms with Crippen LogP contribution in [0.25, 0.3) is 0 Å². The van der Waals surface area contributed by atoms with E-state index in [4.69, 9.17) is 0 Å².